The number of rotatable bonds is 4. The molecule has 0 heterocycles. The Bertz CT molecular complexity index is 564. The minimum atomic E-state index is -0.371. The van der Waals surface area contributed by atoms with Crippen molar-refractivity contribution in [2.75, 3.05) is 11.9 Å². The Morgan fingerprint density at radius 1 is 1.35 bits per heavy atom. The van der Waals surface area contributed by atoms with Crippen LogP contribution in [0.5, 0.6) is 5.75 Å². The number of benzene rings is 1. The van der Waals surface area contributed by atoms with Gasteiger partial charge in [0.25, 0.3) is 0 Å². The molecule has 0 aromatic heterocycles. The van der Waals surface area contributed by atoms with E-state index in [1.807, 2.05) is 6.92 Å². The Morgan fingerprint density at radius 2 is 2.04 bits per heavy atom. The van der Waals surface area contributed by atoms with Gasteiger partial charge in [0.05, 0.1) is 12.3 Å². The molecule has 0 radical (unpaired) electrons. The molecule has 1 amide bonds. The van der Waals surface area contributed by atoms with Crippen molar-refractivity contribution >= 4 is 11.6 Å². The highest BCUT2D eigenvalue weighted by molar-refractivity contribution is 5.94. The number of fused-ring (bicyclic) bond motifs is 2. The van der Waals surface area contributed by atoms with Gasteiger partial charge in [-0.3, -0.25) is 4.79 Å². The molecule has 2 saturated carbocycles. The Morgan fingerprint density at radius 3 is 2.70 bits per heavy atom. The van der Waals surface area contributed by atoms with Gasteiger partial charge in [-0.15, -0.1) is 0 Å². The van der Waals surface area contributed by atoms with E-state index in [1.54, 1.807) is 6.07 Å². The first-order valence-electron chi connectivity index (χ1n) is 8.57. The molecule has 2 unspecified atom stereocenters. The standard InChI is InChI=1S/C18H25FN2O2/c1-2-23-16-10-14(19)6-7-15(16)21-18(22)13-8-11-4-3-5-12(9-13)17(11)20/h6-7,10-13,17H,2-5,8-9,20H2,1H3,(H,21,22). The molecule has 1 aromatic carbocycles. The van der Waals surface area contributed by atoms with Crippen LogP contribution in [0.3, 0.4) is 0 Å². The predicted octanol–water partition coefficient (Wildman–Crippen LogP) is 3.32. The number of carbonyl (C=O) groups excluding carboxylic acids is 1. The molecular formula is C18H25FN2O2. The molecule has 0 saturated heterocycles. The number of carbonyl (C=O) groups is 1. The van der Waals surface area contributed by atoms with E-state index in [1.165, 1.54) is 18.6 Å². The van der Waals surface area contributed by atoms with Crippen molar-refractivity contribution in [1.29, 1.82) is 0 Å². The molecule has 3 N–H and O–H groups in total. The highest BCUT2D eigenvalue weighted by atomic mass is 19.1. The van der Waals surface area contributed by atoms with Gasteiger partial charge in [-0.25, -0.2) is 4.39 Å². The summed E-state index contributed by atoms with van der Waals surface area (Å²) in [5.41, 5.74) is 6.83. The lowest BCUT2D eigenvalue weighted by Crippen LogP contribution is -2.48. The average Bonchev–Trinajstić information content (AvgIpc) is 2.50. The van der Waals surface area contributed by atoms with Crippen LogP contribution in [0.15, 0.2) is 18.2 Å². The second-order valence-electron chi connectivity index (χ2n) is 6.76. The van der Waals surface area contributed by atoms with Crippen molar-refractivity contribution in [3.05, 3.63) is 24.0 Å². The van der Waals surface area contributed by atoms with Crippen molar-refractivity contribution in [2.24, 2.45) is 23.5 Å². The maximum Gasteiger partial charge on any atom is 0.227 e. The summed E-state index contributed by atoms with van der Waals surface area (Å²) in [5, 5.41) is 2.92. The maximum absolute atomic E-state index is 13.4. The van der Waals surface area contributed by atoms with Crippen molar-refractivity contribution in [2.45, 2.75) is 45.1 Å². The molecule has 0 aliphatic heterocycles. The van der Waals surface area contributed by atoms with Crippen molar-refractivity contribution in [3.63, 3.8) is 0 Å². The third-order valence-corrected chi connectivity index (χ3v) is 5.29. The Hall–Kier alpha value is -1.62. The summed E-state index contributed by atoms with van der Waals surface area (Å²) in [6.45, 7) is 2.26. The predicted molar refractivity (Wildman–Crippen MR) is 87.7 cm³/mol. The van der Waals surface area contributed by atoms with E-state index in [4.69, 9.17) is 10.5 Å². The summed E-state index contributed by atoms with van der Waals surface area (Å²) in [7, 11) is 0. The Balaban J connectivity index is 1.70. The monoisotopic (exact) mass is 320 g/mol. The number of ether oxygens (including phenoxy) is 1. The fourth-order valence-electron chi connectivity index (χ4n) is 4.11. The first-order valence-corrected chi connectivity index (χ1v) is 8.57. The zero-order valence-corrected chi connectivity index (χ0v) is 13.6. The van der Waals surface area contributed by atoms with E-state index in [2.05, 4.69) is 5.32 Å². The fourth-order valence-corrected chi connectivity index (χ4v) is 4.11. The zero-order chi connectivity index (χ0) is 16.4. The van der Waals surface area contributed by atoms with Gasteiger partial charge in [0.15, 0.2) is 0 Å². The lowest BCUT2D eigenvalue weighted by atomic mass is 9.65. The van der Waals surface area contributed by atoms with Gasteiger partial charge < -0.3 is 15.8 Å². The molecule has 3 rings (SSSR count). The van der Waals surface area contributed by atoms with E-state index in [9.17, 15) is 9.18 Å². The molecule has 2 atom stereocenters. The van der Waals surface area contributed by atoms with Crippen molar-refractivity contribution in [3.8, 4) is 5.75 Å². The van der Waals surface area contributed by atoms with Crippen molar-refractivity contribution < 1.29 is 13.9 Å². The third kappa shape index (κ3) is 3.50. The maximum atomic E-state index is 13.4. The number of hydrogen-bond acceptors (Lipinski definition) is 3. The molecule has 0 spiro atoms. The lowest BCUT2D eigenvalue weighted by Gasteiger charge is -2.43. The van der Waals surface area contributed by atoms with Crippen LogP contribution in [0.25, 0.3) is 0 Å². The molecule has 5 heteroatoms. The zero-order valence-electron chi connectivity index (χ0n) is 13.6. The number of hydrogen-bond donors (Lipinski definition) is 2. The van der Waals surface area contributed by atoms with E-state index in [0.29, 0.717) is 29.9 Å². The number of anilines is 1. The van der Waals surface area contributed by atoms with Gasteiger partial charge in [-0.2, -0.15) is 0 Å². The highest BCUT2D eigenvalue weighted by Crippen LogP contribution is 2.42. The summed E-state index contributed by atoms with van der Waals surface area (Å²) in [4.78, 5) is 12.6. The largest absolute Gasteiger partial charge is 0.492 e. The van der Waals surface area contributed by atoms with Crippen LogP contribution in [0, 0.1) is 23.6 Å². The van der Waals surface area contributed by atoms with Gasteiger partial charge in [-0.1, -0.05) is 6.42 Å². The van der Waals surface area contributed by atoms with E-state index in [-0.39, 0.29) is 23.7 Å². The van der Waals surface area contributed by atoms with Gasteiger partial charge in [-0.05, 0) is 56.6 Å². The summed E-state index contributed by atoms with van der Waals surface area (Å²) in [6, 6.07) is 4.46. The third-order valence-electron chi connectivity index (χ3n) is 5.29. The topological polar surface area (TPSA) is 64.3 Å². The summed E-state index contributed by atoms with van der Waals surface area (Å²) < 4.78 is 18.8. The smallest absolute Gasteiger partial charge is 0.227 e. The van der Waals surface area contributed by atoms with Crippen LogP contribution in [0.4, 0.5) is 10.1 Å². The van der Waals surface area contributed by atoms with Crippen LogP contribution < -0.4 is 15.8 Å². The van der Waals surface area contributed by atoms with Crippen LogP contribution >= 0.6 is 0 Å². The second kappa shape index (κ2) is 6.87. The quantitative estimate of drug-likeness (QED) is 0.894. The molecule has 2 bridgehead atoms. The molecule has 4 nitrogen and oxygen atoms in total. The van der Waals surface area contributed by atoms with Gasteiger partial charge in [0.1, 0.15) is 11.6 Å². The van der Waals surface area contributed by atoms with E-state index < -0.39 is 0 Å². The first kappa shape index (κ1) is 16.2. The van der Waals surface area contributed by atoms with Crippen LogP contribution in [-0.4, -0.2) is 18.6 Å². The van der Waals surface area contributed by atoms with E-state index >= 15 is 0 Å². The minimum absolute atomic E-state index is 0.00126. The molecule has 23 heavy (non-hydrogen) atoms. The fraction of sp³-hybridized carbons (Fsp3) is 0.611. The molecule has 2 fully saturated rings. The molecular weight excluding hydrogens is 295 g/mol. The molecule has 1 aromatic rings. The van der Waals surface area contributed by atoms with Gasteiger partial charge in [0, 0.05) is 18.0 Å². The Labute approximate surface area is 136 Å². The SMILES string of the molecule is CCOc1cc(F)ccc1NC(=O)C1CC2CCCC(C1)C2N. The lowest BCUT2D eigenvalue weighted by molar-refractivity contribution is -0.122. The van der Waals surface area contributed by atoms with Crippen LogP contribution in [0.2, 0.25) is 0 Å². The number of nitrogens with one attached hydrogen (secondary N) is 1. The number of halogens is 1. The van der Waals surface area contributed by atoms with Crippen molar-refractivity contribution in [1.82, 2.24) is 0 Å². The Kier molecular flexibility index (Phi) is 4.85. The normalized spacial score (nSPS) is 29.9. The van der Waals surface area contributed by atoms with Gasteiger partial charge >= 0.3 is 0 Å². The average molecular weight is 320 g/mol. The van der Waals surface area contributed by atoms with E-state index in [0.717, 1.165) is 25.7 Å². The second-order valence-corrected chi connectivity index (χ2v) is 6.76. The highest BCUT2D eigenvalue weighted by Gasteiger charge is 2.40. The number of nitrogens with two attached hydrogens (primary N) is 1. The minimum Gasteiger partial charge on any atom is -0.492 e. The molecule has 2 aliphatic carbocycles. The molecule has 2 aliphatic rings. The summed E-state index contributed by atoms with van der Waals surface area (Å²) in [6.07, 6.45) is 5.19. The van der Waals surface area contributed by atoms with Crippen LogP contribution in [-0.2, 0) is 4.79 Å². The number of amides is 1. The molecule has 126 valence electrons. The van der Waals surface area contributed by atoms with Gasteiger partial charge in [0.2, 0.25) is 5.91 Å². The first-order chi connectivity index (χ1) is 11.1. The summed E-state index contributed by atoms with van der Waals surface area (Å²) in [5.74, 6) is 0.917. The summed E-state index contributed by atoms with van der Waals surface area (Å²) >= 11 is 0. The van der Waals surface area contributed by atoms with Crippen LogP contribution in [0.1, 0.15) is 39.0 Å².